The van der Waals surface area contributed by atoms with Gasteiger partial charge in [-0.05, 0) is 54.4 Å². The van der Waals surface area contributed by atoms with Crippen LogP contribution in [0.2, 0.25) is 5.02 Å². The Hall–Kier alpha value is -2.96. The van der Waals surface area contributed by atoms with Crippen LogP contribution in [0.1, 0.15) is 21.1 Å². The van der Waals surface area contributed by atoms with Crippen molar-refractivity contribution in [2.75, 3.05) is 0 Å². The number of hydrogen-bond acceptors (Lipinski definition) is 4. The Morgan fingerprint density at radius 2 is 1.93 bits per heavy atom. The molecule has 4 aromatic rings. The monoisotopic (exact) mass is 408 g/mol. The van der Waals surface area contributed by atoms with Gasteiger partial charge in [0, 0.05) is 35.0 Å². The van der Waals surface area contributed by atoms with E-state index in [1.165, 1.54) is 11.3 Å². The largest absolute Gasteiger partial charge is 0.347 e. The summed E-state index contributed by atoms with van der Waals surface area (Å²) in [6.07, 6.45) is 5.34. The third-order valence-electron chi connectivity index (χ3n) is 4.29. The minimum absolute atomic E-state index is 0.0950. The van der Waals surface area contributed by atoms with Gasteiger partial charge in [0.25, 0.3) is 5.91 Å². The van der Waals surface area contributed by atoms with E-state index in [1.807, 2.05) is 66.2 Å². The minimum Gasteiger partial charge on any atom is -0.347 e. The Balaban J connectivity index is 1.44. The fourth-order valence-electron chi connectivity index (χ4n) is 2.82. The number of halogens is 1. The van der Waals surface area contributed by atoms with Crippen molar-refractivity contribution in [1.29, 1.82) is 0 Å². The van der Waals surface area contributed by atoms with Gasteiger partial charge in [-0.1, -0.05) is 23.7 Å². The number of carbonyl (C=O) groups excluding carboxylic acids is 1. The summed E-state index contributed by atoms with van der Waals surface area (Å²) in [4.78, 5) is 22.8. The van der Waals surface area contributed by atoms with Gasteiger partial charge in [0.2, 0.25) is 0 Å². The number of nitrogens with zero attached hydrogens (tertiary/aromatic N) is 3. The normalized spacial score (nSPS) is 10.8. The second-order valence-electron chi connectivity index (χ2n) is 6.22. The molecule has 0 atom stereocenters. The molecule has 1 N–H and O–H groups in total. The highest BCUT2D eigenvalue weighted by Crippen LogP contribution is 2.29. The van der Waals surface area contributed by atoms with Crippen molar-refractivity contribution in [3.8, 4) is 16.3 Å². The van der Waals surface area contributed by atoms with Crippen LogP contribution in [0.25, 0.3) is 16.3 Å². The highest BCUT2D eigenvalue weighted by atomic mass is 35.5. The molecule has 0 saturated heterocycles. The summed E-state index contributed by atoms with van der Waals surface area (Å²) in [5.74, 6) is 1.55. The maximum absolute atomic E-state index is 12.5. The third-order valence-corrected chi connectivity index (χ3v) is 5.68. The van der Waals surface area contributed by atoms with Gasteiger partial charge >= 0.3 is 0 Å². The summed E-state index contributed by atoms with van der Waals surface area (Å²) < 4.78 is 1.91. The summed E-state index contributed by atoms with van der Waals surface area (Å²) in [6.45, 7) is 2.35. The molecule has 0 aliphatic rings. The van der Waals surface area contributed by atoms with Crippen LogP contribution in [0.4, 0.5) is 0 Å². The van der Waals surface area contributed by atoms with Crippen molar-refractivity contribution in [3.63, 3.8) is 0 Å². The topological polar surface area (TPSA) is 59.8 Å². The van der Waals surface area contributed by atoms with Crippen molar-refractivity contribution >= 4 is 28.8 Å². The molecule has 0 fully saturated rings. The van der Waals surface area contributed by atoms with Gasteiger partial charge in [0.15, 0.2) is 0 Å². The van der Waals surface area contributed by atoms with Crippen molar-refractivity contribution in [3.05, 3.63) is 88.4 Å². The van der Waals surface area contributed by atoms with Gasteiger partial charge in [-0.3, -0.25) is 9.36 Å². The van der Waals surface area contributed by atoms with Crippen LogP contribution in [0.5, 0.6) is 0 Å². The number of pyridine rings is 1. The van der Waals surface area contributed by atoms with E-state index in [0.717, 1.165) is 27.6 Å². The first-order chi connectivity index (χ1) is 13.6. The molecule has 0 radical (unpaired) electrons. The number of aromatic nitrogens is 3. The summed E-state index contributed by atoms with van der Waals surface area (Å²) in [7, 11) is 0. The standard InChI is InChI=1S/C21H17ClN4OS/c1-14-23-10-11-26(14)20-12-15(8-9-24-20)13-25-21(27)19-7-6-18(28-19)16-2-4-17(22)5-3-16/h2-12H,13H2,1H3,(H,25,27). The van der Waals surface area contributed by atoms with Gasteiger partial charge in [0.05, 0.1) is 4.88 Å². The maximum atomic E-state index is 12.5. The number of amides is 1. The SMILES string of the molecule is Cc1nccn1-c1cc(CNC(=O)c2ccc(-c3ccc(Cl)cc3)s2)ccn1. The molecule has 0 aliphatic carbocycles. The quantitative estimate of drug-likeness (QED) is 0.511. The maximum Gasteiger partial charge on any atom is 0.261 e. The van der Waals surface area contributed by atoms with Crippen LogP contribution >= 0.6 is 22.9 Å². The lowest BCUT2D eigenvalue weighted by Crippen LogP contribution is -2.21. The Labute approximate surface area is 171 Å². The first-order valence-electron chi connectivity index (χ1n) is 8.69. The van der Waals surface area contributed by atoms with E-state index in [4.69, 9.17) is 11.6 Å². The molecule has 0 unspecified atom stereocenters. The fourth-order valence-corrected chi connectivity index (χ4v) is 3.87. The third kappa shape index (κ3) is 3.98. The molecule has 0 aliphatic heterocycles. The van der Waals surface area contributed by atoms with Crippen LogP contribution in [-0.4, -0.2) is 20.4 Å². The van der Waals surface area contributed by atoms with E-state index in [9.17, 15) is 4.79 Å². The van der Waals surface area contributed by atoms with Crippen molar-refractivity contribution in [1.82, 2.24) is 19.9 Å². The Morgan fingerprint density at radius 1 is 1.11 bits per heavy atom. The van der Waals surface area contributed by atoms with Gasteiger partial charge < -0.3 is 5.32 Å². The summed E-state index contributed by atoms with van der Waals surface area (Å²) in [5, 5.41) is 3.67. The number of carbonyl (C=O) groups is 1. The van der Waals surface area contributed by atoms with Gasteiger partial charge in [-0.2, -0.15) is 0 Å². The second-order valence-corrected chi connectivity index (χ2v) is 7.74. The molecule has 140 valence electrons. The van der Waals surface area contributed by atoms with Crippen LogP contribution in [0, 0.1) is 6.92 Å². The minimum atomic E-state index is -0.0950. The Kier molecular flexibility index (Phi) is 5.23. The molecule has 28 heavy (non-hydrogen) atoms. The van der Waals surface area contributed by atoms with E-state index in [0.29, 0.717) is 16.4 Å². The summed E-state index contributed by atoms with van der Waals surface area (Å²) >= 11 is 7.39. The summed E-state index contributed by atoms with van der Waals surface area (Å²) in [6, 6.07) is 15.2. The van der Waals surface area contributed by atoms with E-state index < -0.39 is 0 Å². The number of thiophene rings is 1. The van der Waals surface area contributed by atoms with Crippen LogP contribution in [-0.2, 0) is 6.54 Å². The van der Waals surface area contributed by atoms with Crippen molar-refractivity contribution < 1.29 is 4.79 Å². The van der Waals surface area contributed by atoms with Crippen molar-refractivity contribution in [2.45, 2.75) is 13.5 Å². The Bertz CT molecular complexity index is 1120. The fraction of sp³-hybridized carbons (Fsp3) is 0.0952. The predicted molar refractivity (Wildman–Crippen MR) is 112 cm³/mol. The summed E-state index contributed by atoms with van der Waals surface area (Å²) in [5.41, 5.74) is 2.02. The van der Waals surface area contributed by atoms with E-state index >= 15 is 0 Å². The number of benzene rings is 1. The van der Waals surface area contributed by atoms with Crippen molar-refractivity contribution in [2.24, 2.45) is 0 Å². The number of aryl methyl sites for hydroxylation is 1. The number of nitrogens with one attached hydrogen (secondary N) is 1. The molecule has 1 amide bonds. The molecule has 7 heteroatoms. The van der Waals surface area contributed by atoms with E-state index in [2.05, 4.69) is 15.3 Å². The molecule has 4 rings (SSSR count). The lowest BCUT2D eigenvalue weighted by atomic mass is 10.2. The zero-order chi connectivity index (χ0) is 19.5. The molecule has 5 nitrogen and oxygen atoms in total. The van der Waals surface area contributed by atoms with Gasteiger partial charge in [0.1, 0.15) is 11.6 Å². The molecule has 0 spiro atoms. The van der Waals surface area contributed by atoms with E-state index in [-0.39, 0.29) is 5.91 Å². The molecule has 0 bridgehead atoms. The molecule has 3 aromatic heterocycles. The van der Waals surface area contributed by atoms with Crippen LogP contribution in [0.15, 0.2) is 67.1 Å². The molecular formula is C21H17ClN4OS. The first-order valence-corrected chi connectivity index (χ1v) is 9.89. The number of imidazole rings is 1. The average molecular weight is 409 g/mol. The second kappa shape index (κ2) is 7.96. The number of hydrogen-bond donors (Lipinski definition) is 1. The Morgan fingerprint density at radius 3 is 2.68 bits per heavy atom. The van der Waals surface area contributed by atoms with Gasteiger partial charge in [-0.15, -0.1) is 11.3 Å². The molecular weight excluding hydrogens is 392 g/mol. The molecule has 1 aromatic carbocycles. The zero-order valence-electron chi connectivity index (χ0n) is 15.1. The lowest BCUT2D eigenvalue weighted by molar-refractivity contribution is 0.0955. The zero-order valence-corrected chi connectivity index (χ0v) is 16.7. The highest BCUT2D eigenvalue weighted by Gasteiger charge is 2.11. The van der Waals surface area contributed by atoms with E-state index in [1.54, 1.807) is 12.4 Å². The lowest BCUT2D eigenvalue weighted by Gasteiger charge is -2.07. The highest BCUT2D eigenvalue weighted by molar-refractivity contribution is 7.17. The van der Waals surface area contributed by atoms with Crippen LogP contribution < -0.4 is 5.32 Å². The number of rotatable bonds is 5. The van der Waals surface area contributed by atoms with Crippen LogP contribution in [0.3, 0.4) is 0 Å². The average Bonchev–Trinajstić information content (AvgIpc) is 3.36. The predicted octanol–water partition coefficient (Wildman–Crippen LogP) is 4.89. The smallest absolute Gasteiger partial charge is 0.261 e. The van der Waals surface area contributed by atoms with Gasteiger partial charge in [-0.25, -0.2) is 9.97 Å². The molecule has 3 heterocycles. The molecule has 0 saturated carbocycles. The first kappa shape index (κ1) is 18.4.